The smallest absolute Gasteiger partial charge is 0.408 e. The number of aromatic amines is 1. The van der Waals surface area contributed by atoms with Crippen molar-refractivity contribution >= 4 is 29.0 Å². The van der Waals surface area contributed by atoms with Gasteiger partial charge in [-0.3, -0.25) is 14.6 Å². The van der Waals surface area contributed by atoms with E-state index in [-0.39, 0.29) is 12.1 Å². The summed E-state index contributed by atoms with van der Waals surface area (Å²) >= 11 is 0. The van der Waals surface area contributed by atoms with E-state index in [1.54, 1.807) is 30.3 Å². The van der Waals surface area contributed by atoms with Crippen LogP contribution >= 0.6 is 0 Å². The summed E-state index contributed by atoms with van der Waals surface area (Å²) in [6.45, 7) is 1.20. The number of hydrogen-bond acceptors (Lipinski definition) is 5. The van der Waals surface area contributed by atoms with Crippen molar-refractivity contribution in [1.29, 1.82) is 0 Å². The summed E-state index contributed by atoms with van der Waals surface area (Å²) in [5, 5.41) is 3.18. The quantitative estimate of drug-likeness (QED) is 0.528. The zero-order chi connectivity index (χ0) is 20.4. The van der Waals surface area contributed by atoms with E-state index in [9.17, 15) is 18.8 Å². The van der Waals surface area contributed by atoms with Crippen LogP contribution in [-0.4, -0.2) is 35.3 Å². The molecule has 1 aliphatic rings. The van der Waals surface area contributed by atoms with Gasteiger partial charge >= 0.3 is 11.7 Å². The van der Waals surface area contributed by atoms with Crippen LogP contribution in [0.2, 0.25) is 0 Å². The number of carbonyl (C=O) groups is 2. The number of hydrogen-bond donors (Lipinski definition) is 1. The van der Waals surface area contributed by atoms with Gasteiger partial charge in [0, 0.05) is 19.2 Å². The Balaban J connectivity index is 1.49. The first-order valence-electron chi connectivity index (χ1n) is 9.45. The number of anilines is 1. The number of amides is 1. The Kier molecular flexibility index (Phi) is 5.26. The van der Waals surface area contributed by atoms with E-state index in [4.69, 9.17) is 4.42 Å². The maximum Gasteiger partial charge on any atom is 0.417 e. The molecule has 2 heterocycles. The molecule has 29 heavy (non-hydrogen) atoms. The van der Waals surface area contributed by atoms with Gasteiger partial charge in [0.2, 0.25) is 6.29 Å². The normalized spacial score (nSPS) is 15.5. The minimum atomic E-state index is -0.681. The summed E-state index contributed by atoms with van der Waals surface area (Å²) in [4.78, 5) is 37.5. The molecule has 1 amide bonds. The van der Waals surface area contributed by atoms with Gasteiger partial charge in [0.15, 0.2) is 5.58 Å². The van der Waals surface area contributed by atoms with E-state index in [0.717, 1.165) is 24.8 Å². The number of benzene rings is 2. The second-order valence-electron chi connectivity index (χ2n) is 7.19. The van der Waals surface area contributed by atoms with Crippen molar-refractivity contribution in [2.24, 2.45) is 5.92 Å². The first kappa shape index (κ1) is 19.1. The lowest BCUT2D eigenvalue weighted by molar-refractivity contribution is -0.132. The Labute approximate surface area is 165 Å². The molecular weight excluding hydrogens is 377 g/mol. The Hall–Kier alpha value is -3.26. The molecule has 1 saturated heterocycles. The molecule has 2 aromatic carbocycles. The summed E-state index contributed by atoms with van der Waals surface area (Å²) in [6.07, 6.45) is 2.79. The number of rotatable bonds is 5. The fraction of sp³-hybridized carbons (Fsp3) is 0.286. The van der Waals surface area contributed by atoms with Gasteiger partial charge in [-0.2, -0.15) is 0 Å². The second-order valence-corrected chi connectivity index (χ2v) is 7.19. The van der Waals surface area contributed by atoms with Gasteiger partial charge in [0.1, 0.15) is 5.82 Å². The topological polar surface area (TPSA) is 86.6 Å². The first-order chi connectivity index (χ1) is 14.0. The molecule has 1 aromatic heterocycles. The Morgan fingerprint density at radius 2 is 1.93 bits per heavy atom. The van der Waals surface area contributed by atoms with Crippen LogP contribution in [0.5, 0.6) is 0 Å². The number of fused-ring (bicyclic) bond motifs is 1. The lowest BCUT2D eigenvalue weighted by Gasteiger charge is -2.38. The van der Waals surface area contributed by atoms with E-state index >= 15 is 0 Å². The fourth-order valence-corrected chi connectivity index (χ4v) is 3.82. The molecule has 0 aliphatic carbocycles. The van der Waals surface area contributed by atoms with Crippen LogP contribution in [-0.2, 0) is 16.0 Å². The third-order valence-corrected chi connectivity index (χ3v) is 5.27. The number of nitrogens with zero attached hydrogens (tertiary/aromatic N) is 2. The summed E-state index contributed by atoms with van der Waals surface area (Å²) in [5.74, 6) is -1.09. The lowest BCUT2D eigenvalue weighted by atomic mass is 9.90. The number of halogens is 1. The standard InChI is InChI=1S/C21H20FN3O4/c22-16-3-1-14(2-4-16)11-15-7-9-24(10-8-15)25(20(27)13-26)17-5-6-18-19(12-17)29-21(28)23-18/h1-6,12-13,15H,7-11H2,(H,23,28). The third-order valence-electron chi connectivity index (χ3n) is 5.27. The van der Waals surface area contributed by atoms with E-state index in [1.807, 2.05) is 5.01 Å². The van der Waals surface area contributed by atoms with Crippen LogP contribution < -0.4 is 10.8 Å². The number of piperidine rings is 1. The van der Waals surface area contributed by atoms with Crippen LogP contribution in [0.25, 0.3) is 11.1 Å². The summed E-state index contributed by atoms with van der Waals surface area (Å²) in [5.41, 5.74) is 2.39. The third kappa shape index (κ3) is 4.12. The summed E-state index contributed by atoms with van der Waals surface area (Å²) < 4.78 is 18.1. The minimum Gasteiger partial charge on any atom is -0.408 e. The SMILES string of the molecule is O=CC(=O)N(c1ccc2[nH]c(=O)oc2c1)N1CCC(Cc2ccc(F)cc2)CC1. The Bertz CT molecular complexity index is 1080. The van der Waals surface area contributed by atoms with Crippen molar-refractivity contribution in [1.82, 2.24) is 9.99 Å². The maximum atomic E-state index is 13.1. The van der Waals surface area contributed by atoms with Gasteiger partial charge in [-0.1, -0.05) is 12.1 Å². The molecular formula is C21H20FN3O4. The molecule has 1 fully saturated rings. The van der Waals surface area contributed by atoms with Crippen molar-refractivity contribution in [2.45, 2.75) is 19.3 Å². The molecule has 0 radical (unpaired) electrons. The summed E-state index contributed by atoms with van der Waals surface area (Å²) in [6, 6.07) is 11.4. The molecule has 1 N–H and O–H groups in total. The summed E-state index contributed by atoms with van der Waals surface area (Å²) in [7, 11) is 0. The maximum absolute atomic E-state index is 13.1. The fourth-order valence-electron chi connectivity index (χ4n) is 3.82. The van der Waals surface area contributed by atoms with Crippen molar-refractivity contribution in [3.8, 4) is 0 Å². The highest BCUT2D eigenvalue weighted by Crippen LogP contribution is 2.27. The Morgan fingerprint density at radius 3 is 2.62 bits per heavy atom. The van der Waals surface area contributed by atoms with Gasteiger partial charge in [0.25, 0.3) is 0 Å². The first-order valence-corrected chi connectivity index (χ1v) is 9.45. The number of nitrogens with one attached hydrogen (secondary N) is 1. The number of carbonyl (C=O) groups excluding carboxylic acids is 2. The van der Waals surface area contributed by atoms with Crippen LogP contribution in [0, 0.1) is 11.7 Å². The van der Waals surface area contributed by atoms with E-state index in [1.165, 1.54) is 17.1 Å². The molecule has 0 saturated carbocycles. The van der Waals surface area contributed by atoms with E-state index < -0.39 is 11.7 Å². The Morgan fingerprint density at radius 1 is 1.21 bits per heavy atom. The van der Waals surface area contributed by atoms with Crippen molar-refractivity contribution in [3.63, 3.8) is 0 Å². The number of aldehydes is 1. The average Bonchev–Trinajstić information content (AvgIpc) is 3.10. The van der Waals surface area contributed by atoms with Crippen molar-refractivity contribution < 1.29 is 18.4 Å². The zero-order valence-electron chi connectivity index (χ0n) is 15.6. The van der Waals surface area contributed by atoms with Gasteiger partial charge in [-0.05, 0) is 55.0 Å². The zero-order valence-corrected chi connectivity index (χ0v) is 15.6. The van der Waals surface area contributed by atoms with Gasteiger partial charge < -0.3 is 4.42 Å². The number of oxazole rings is 1. The molecule has 150 valence electrons. The van der Waals surface area contributed by atoms with Gasteiger partial charge in [-0.15, -0.1) is 0 Å². The lowest BCUT2D eigenvalue weighted by Crippen LogP contribution is -2.51. The van der Waals surface area contributed by atoms with Crippen LogP contribution in [0.4, 0.5) is 10.1 Å². The molecule has 0 unspecified atom stereocenters. The van der Waals surface area contributed by atoms with Gasteiger partial charge in [-0.25, -0.2) is 19.2 Å². The average molecular weight is 397 g/mol. The predicted octanol–water partition coefficient (Wildman–Crippen LogP) is 2.66. The molecule has 0 bridgehead atoms. The number of hydrazine groups is 1. The van der Waals surface area contributed by atoms with Gasteiger partial charge in [0.05, 0.1) is 11.2 Å². The number of H-pyrrole nitrogens is 1. The second kappa shape index (κ2) is 8.00. The monoisotopic (exact) mass is 397 g/mol. The van der Waals surface area contributed by atoms with Crippen molar-refractivity contribution in [2.75, 3.05) is 18.1 Å². The predicted molar refractivity (Wildman–Crippen MR) is 105 cm³/mol. The number of aromatic nitrogens is 1. The molecule has 0 atom stereocenters. The highest BCUT2D eigenvalue weighted by molar-refractivity contribution is 6.30. The van der Waals surface area contributed by atoms with E-state index in [0.29, 0.717) is 35.8 Å². The highest BCUT2D eigenvalue weighted by Gasteiger charge is 2.28. The molecule has 1 aliphatic heterocycles. The highest BCUT2D eigenvalue weighted by atomic mass is 19.1. The van der Waals surface area contributed by atoms with Crippen LogP contribution in [0.1, 0.15) is 18.4 Å². The largest absolute Gasteiger partial charge is 0.417 e. The van der Waals surface area contributed by atoms with Crippen LogP contribution in [0.3, 0.4) is 0 Å². The molecule has 7 nitrogen and oxygen atoms in total. The molecule has 4 rings (SSSR count). The van der Waals surface area contributed by atoms with Crippen molar-refractivity contribution in [3.05, 3.63) is 64.4 Å². The minimum absolute atomic E-state index is 0.248. The molecule has 3 aromatic rings. The molecule has 0 spiro atoms. The molecule has 8 heteroatoms. The van der Waals surface area contributed by atoms with Crippen LogP contribution in [0.15, 0.2) is 51.7 Å². The van der Waals surface area contributed by atoms with E-state index in [2.05, 4.69) is 4.98 Å².